The summed E-state index contributed by atoms with van der Waals surface area (Å²) in [5, 5.41) is 3.93. The monoisotopic (exact) mass is 685 g/mol. The summed E-state index contributed by atoms with van der Waals surface area (Å²) in [7, 11) is -6.55. The van der Waals surface area contributed by atoms with E-state index in [0.29, 0.717) is 15.1 Å². The van der Waals surface area contributed by atoms with Gasteiger partial charge in [0.2, 0.25) is 0 Å². The molecule has 254 valence electrons. The second-order valence-corrected chi connectivity index (χ2v) is 45.4. The number of rotatable bonds is 3. The first-order valence-corrected chi connectivity index (χ1v) is 24.0. The van der Waals surface area contributed by atoms with Gasteiger partial charge >= 0.3 is 51.4 Å². The van der Waals surface area contributed by atoms with Gasteiger partial charge in [-0.1, -0.05) is 187 Å². The molecule has 0 nitrogen and oxygen atoms in total. The molecule has 0 aromatic rings. The Morgan fingerprint density at radius 3 is 0.409 bits per heavy atom. The Kier molecular flexibility index (Phi) is 9.44. The molecule has 4 rings (SSSR count). The quantitative estimate of drug-likeness (QED) is 0.205. The summed E-state index contributed by atoms with van der Waals surface area (Å²) < 4.78 is 0. The van der Waals surface area contributed by atoms with Crippen LogP contribution >= 0.6 is 0 Å². The first-order chi connectivity index (χ1) is 18.1. The standard InChI is InChI=1S/C40H81Si3.K/c1-29(2,3)41(30(4,5)6,31(7,8)9)38-28-39(38,42(32(10,11)12,33(13,14)15)34(16,17)18)40(28,38)43(35(19,20)21,36(22,23)24)37(25,26)27;/h1-27H3;/q-1;+1. The first-order valence-electron chi connectivity index (χ1n) is 18.0. The van der Waals surface area contributed by atoms with Gasteiger partial charge in [0.1, 0.15) is 0 Å². The van der Waals surface area contributed by atoms with Gasteiger partial charge in [0, 0.05) is 24.2 Å². The van der Waals surface area contributed by atoms with E-state index in [1.165, 1.54) is 0 Å². The van der Waals surface area contributed by atoms with Crippen molar-refractivity contribution in [1.82, 2.24) is 0 Å². The molecule has 0 radical (unpaired) electrons. The van der Waals surface area contributed by atoms with E-state index in [4.69, 9.17) is 0 Å². The van der Waals surface area contributed by atoms with Crippen LogP contribution in [0, 0.1) is 5.92 Å². The minimum Gasteiger partial charge on any atom is -0.316 e. The second kappa shape index (κ2) is 9.78. The van der Waals surface area contributed by atoms with Crippen molar-refractivity contribution in [3.63, 3.8) is 0 Å². The molecule has 4 aliphatic carbocycles. The van der Waals surface area contributed by atoms with Crippen molar-refractivity contribution in [3.05, 3.63) is 5.92 Å². The van der Waals surface area contributed by atoms with Crippen LogP contribution in [0.3, 0.4) is 0 Å². The summed E-state index contributed by atoms with van der Waals surface area (Å²) >= 11 is 0. The molecule has 4 heteroatoms. The van der Waals surface area contributed by atoms with Gasteiger partial charge in [-0.25, -0.2) is 15.1 Å². The molecule has 0 aromatic carbocycles. The van der Waals surface area contributed by atoms with Crippen molar-refractivity contribution in [2.24, 2.45) is 0 Å². The summed E-state index contributed by atoms with van der Waals surface area (Å²) in [5.74, 6) is 2.18. The molecule has 0 bridgehead atoms. The van der Waals surface area contributed by atoms with Crippen LogP contribution in [0.25, 0.3) is 0 Å². The normalized spacial score (nSPS) is 29.2. The van der Waals surface area contributed by atoms with E-state index in [0.717, 1.165) is 0 Å². The van der Waals surface area contributed by atoms with Gasteiger partial charge in [-0.05, 0) is 45.3 Å². The van der Waals surface area contributed by atoms with Crippen LogP contribution in [0.4, 0.5) is 0 Å². The molecule has 0 unspecified atom stereocenters. The molecule has 4 aliphatic rings. The molecule has 0 N–H and O–H groups in total. The Labute approximate surface area is 325 Å². The van der Waals surface area contributed by atoms with Crippen molar-refractivity contribution in [1.29, 1.82) is 0 Å². The van der Waals surface area contributed by atoms with Crippen molar-refractivity contribution >= 4 is 24.2 Å². The van der Waals surface area contributed by atoms with Crippen LogP contribution in [0.15, 0.2) is 0 Å². The summed E-state index contributed by atoms with van der Waals surface area (Å²) in [6.07, 6.45) is 0. The zero-order valence-electron chi connectivity index (χ0n) is 36.0. The molecular formula is C40H81KSi3. The number of hydrogen-bond acceptors (Lipinski definition) is 0. The molecule has 0 saturated heterocycles. The summed E-state index contributed by atoms with van der Waals surface area (Å²) in [6, 6.07) is 0. The van der Waals surface area contributed by atoms with Crippen LogP contribution in [0.1, 0.15) is 187 Å². The Bertz CT molecular complexity index is 880. The molecule has 0 aliphatic heterocycles. The van der Waals surface area contributed by atoms with E-state index in [-0.39, 0.29) is 96.7 Å². The van der Waals surface area contributed by atoms with Gasteiger partial charge in [0.05, 0.1) is 0 Å². The molecule has 4 saturated carbocycles. The van der Waals surface area contributed by atoms with Gasteiger partial charge in [0.15, 0.2) is 0 Å². The average molecular weight is 685 g/mol. The molecule has 0 atom stereocenters. The smallest absolute Gasteiger partial charge is 0.316 e. The fourth-order valence-electron chi connectivity index (χ4n) is 19.0. The van der Waals surface area contributed by atoms with Crippen molar-refractivity contribution in [2.75, 3.05) is 0 Å². The van der Waals surface area contributed by atoms with E-state index in [1.54, 1.807) is 0 Å². The van der Waals surface area contributed by atoms with Crippen LogP contribution in [-0.2, 0) is 0 Å². The maximum atomic E-state index is 2.71. The average Bonchev–Trinajstić information content (AvgIpc) is 3.47. The van der Waals surface area contributed by atoms with E-state index in [1.807, 2.05) is 0 Å². The van der Waals surface area contributed by atoms with Crippen LogP contribution in [0.2, 0.25) is 60.5 Å². The van der Waals surface area contributed by atoms with E-state index in [9.17, 15) is 0 Å². The SMILES string of the molecule is CC(C)(C)[Si](C(C)(C)C)(C(C)(C)C)C12[C-]3C1([Si](C(C)(C)C)(C(C)(C)C)C(C)(C)C)C32[Si](C(C)(C)C)(C(C)(C)C)C(C)(C)C.[K+]. The third kappa shape index (κ3) is 3.83. The minimum atomic E-state index is -2.18. The van der Waals surface area contributed by atoms with E-state index >= 15 is 0 Å². The molecule has 0 spiro atoms. The third-order valence-electron chi connectivity index (χ3n) is 14.4. The maximum absolute atomic E-state index is 2.71. The fraction of sp³-hybridized carbons (Fsp3) is 0.975. The van der Waals surface area contributed by atoms with Crippen molar-refractivity contribution < 1.29 is 51.4 Å². The second-order valence-electron chi connectivity index (χ2n) is 25.1. The van der Waals surface area contributed by atoms with Gasteiger partial charge in [-0.3, -0.25) is 0 Å². The predicted octanol–water partition coefficient (Wildman–Crippen LogP) is 12.4. The first kappa shape index (κ1) is 42.5. The summed E-state index contributed by atoms with van der Waals surface area (Å²) in [5.41, 5.74) is 0. The molecule has 0 aromatic heterocycles. The van der Waals surface area contributed by atoms with Gasteiger partial charge in [0.25, 0.3) is 0 Å². The zero-order chi connectivity index (χ0) is 35.1. The minimum absolute atomic E-state index is 0. The Hall–Kier alpha value is 2.29. The van der Waals surface area contributed by atoms with Gasteiger partial charge in [-0.2, -0.15) is 0 Å². The third-order valence-corrected chi connectivity index (χ3v) is 41.8. The molecule has 0 heterocycles. The summed E-state index contributed by atoms with van der Waals surface area (Å²) in [4.78, 5) is 0. The topological polar surface area (TPSA) is 0 Å². The Morgan fingerprint density at radius 2 is 0.341 bits per heavy atom. The van der Waals surface area contributed by atoms with Crippen LogP contribution in [-0.4, -0.2) is 24.2 Å². The summed E-state index contributed by atoms with van der Waals surface area (Å²) in [6.45, 7) is 73.2. The Morgan fingerprint density at radius 1 is 0.250 bits per heavy atom. The van der Waals surface area contributed by atoms with E-state index in [2.05, 4.69) is 193 Å². The molecule has 0 amide bonds. The van der Waals surface area contributed by atoms with Gasteiger partial charge < -0.3 is 5.92 Å². The van der Waals surface area contributed by atoms with Crippen LogP contribution < -0.4 is 51.4 Å². The molecule has 4 fully saturated rings. The zero-order valence-corrected chi connectivity index (χ0v) is 42.1. The largest absolute Gasteiger partial charge is 1.00 e. The van der Waals surface area contributed by atoms with E-state index < -0.39 is 24.2 Å². The van der Waals surface area contributed by atoms with Crippen molar-refractivity contribution in [2.45, 2.75) is 247 Å². The molecule has 44 heavy (non-hydrogen) atoms. The van der Waals surface area contributed by atoms with Crippen LogP contribution in [0.5, 0.6) is 0 Å². The van der Waals surface area contributed by atoms with Crippen molar-refractivity contribution in [3.8, 4) is 0 Å². The number of hydrogen-bond donors (Lipinski definition) is 0. The maximum Gasteiger partial charge on any atom is 1.00 e. The predicted molar refractivity (Wildman–Crippen MR) is 206 cm³/mol. The molecular weight excluding hydrogens is 604 g/mol. The van der Waals surface area contributed by atoms with Gasteiger partial charge in [-0.15, -0.1) is 0 Å². The fourth-order valence-corrected chi connectivity index (χ4v) is 60.5. The Balaban J connectivity index is 0.00000675.